The molecule has 1 atom stereocenters. The summed E-state index contributed by atoms with van der Waals surface area (Å²) in [6.45, 7) is 2.56. The maximum atomic E-state index is 11.9. The predicted molar refractivity (Wildman–Crippen MR) is 78.1 cm³/mol. The molecule has 0 saturated heterocycles. The van der Waals surface area contributed by atoms with Crippen molar-refractivity contribution in [2.24, 2.45) is 5.73 Å². The summed E-state index contributed by atoms with van der Waals surface area (Å²) in [5.41, 5.74) is 6.81. The first-order valence-corrected chi connectivity index (χ1v) is 6.17. The highest BCUT2D eigenvalue weighted by Crippen LogP contribution is 2.12. The van der Waals surface area contributed by atoms with E-state index in [0.717, 1.165) is 18.4 Å². The lowest BCUT2D eigenvalue weighted by atomic mass is 10.1. The van der Waals surface area contributed by atoms with Crippen molar-refractivity contribution in [2.75, 3.05) is 7.05 Å². The van der Waals surface area contributed by atoms with Gasteiger partial charge in [0.25, 0.3) is 0 Å². The van der Waals surface area contributed by atoms with Crippen LogP contribution in [0.4, 0.5) is 0 Å². The Bertz CT molecular complexity index is 385. The number of benzene rings is 1. The van der Waals surface area contributed by atoms with Gasteiger partial charge in [-0.05, 0) is 24.1 Å². The van der Waals surface area contributed by atoms with Crippen LogP contribution in [-0.4, -0.2) is 23.9 Å². The highest BCUT2D eigenvalue weighted by atomic mass is 35.5. The SMILES string of the molecule is CCCC(N)C(=O)N(C)Cc1cccc(Cl)c1.Cl. The minimum Gasteiger partial charge on any atom is -0.340 e. The van der Waals surface area contributed by atoms with Crippen molar-refractivity contribution in [3.8, 4) is 0 Å². The largest absolute Gasteiger partial charge is 0.340 e. The van der Waals surface area contributed by atoms with Gasteiger partial charge in [0.2, 0.25) is 5.91 Å². The maximum Gasteiger partial charge on any atom is 0.239 e. The number of carbonyl (C=O) groups excluding carboxylic acids is 1. The fourth-order valence-electron chi connectivity index (χ4n) is 1.70. The van der Waals surface area contributed by atoms with Crippen molar-refractivity contribution in [1.82, 2.24) is 4.90 Å². The Hall–Kier alpha value is -0.770. The van der Waals surface area contributed by atoms with Gasteiger partial charge in [-0.2, -0.15) is 0 Å². The molecule has 0 bridgehead atoms. The van der Waals surface area contributed by atoms with Gasteiger partial charge in [-0.1, -0.05) is 37.1 Å². The van der Waals surface area contributed by atoms with Gasteiger partial charge in [0, 0.05) is 18.6 Å². The normalized spacial score (nSPS) is 11.6. The molecule has 0 aliphatic rings. The van der Waals surface area contributed by atoms with Gasteiger partial charge in [0.05, 0.1) is 6.04 Å². The third-order valence-corrected chi connectivity index (χ3v) is 2.84. The summed E-state index contributed by atoms with van der Waals surface area (Å²) in [4.78, 5) is 13.5. The van der Waals surface area contributed by atoms with Crippen LogP contribution in [0.2, 0.25) is 5.02 Å². The Morgan fingerprint density at radius 3 is 2.72 bits per heavy atom. The number of carbonyl (C=O) groups is 1. The van der Waals surface area contributed by atoms with Crippen LogP contribution in [0.3, 0.4) is 0 Å². The van der Waals surface area contributed by atoms with E-state index in [1.807, 2.05) is 31.2 Å². The molecule has 102 valence electrons. The number of halogens is 2. The van der Waals surface area contributed by atoms with E-state index in [2.05, 4.69) is 0 Å². The highest BCUT2D eigenvalue weighted by molar-refractivity contribution is 6.30. The standard InChI is InChI=1S/C13H19ClN2O.ClH/c1-3-5-12(15)13(17)16(2)9-10-6-4-7-11(14)8-10;/h4,6-8,12H,3,5,9,15H2,1-2H3;1H. The van der Waals surface area contributed by atoms with Crippen LogP contribution in [-0.2, 0) is 11.3 Å². The van der Waals surface area contributed by atoms with Crippen LogP contribution in [0, 0.1) is 0 Å². The lowest BCUT2D eigenvalue weighted by molar-refractivity contribution is -0.131. The number of nitrogens with two attached hydrogens (primary N) is 1. The predicted octanol–water partition coefficient (Wildman–Crippen LogP) is 2.85. The van der Waals surface area contributed by atoms with Crippen molar-refractivity contribution in [1.29, 1.82) is 0 Å². The Labute approximate surface area is 120 Å². The summed E-state index contributed by atoms with van der Waals surface area (Å²) in [5, 5.41) is 0.682. The third-order valence-electron chi connectivity index (χ3n) is 2.60. The number of hydrogen-bond donors (Lipinski definition) is 1. The smallest absolute Gasteiger partial charge is 0.239 e. The second-order valence-corrected chi connectivity index (χ2v) is 4.66. The molecule has 1 aromatic rings. The average Bonchev–Trinajstić information content (AvgIpc) is 2.28. The molecule has 0 aliphatic carbocycles. The van der Waals surface area contributed by atoms with Gasteiger partial charge in [0.15, 0.2) is 0 Å². The zero-order valence-corrected chi connectivity index (χ0v) is 12.3. The number of nitrogens with zero attached hydrogens (tertiary/aromatic N) is 1. The molecule has 1 amide bonds. The molecule has 1 aromatic carbocycles. The average molecular weight is 291 g/mol. The maximum absolute atomic E-state index is 11.9. The number of hydrogen-bond acceptors (Lipinski definition) is 2. The van der Waals surface area contributed by atoms with Crippen LogP contribution < -0.4 is 5.73 Å². The lowest BCUT2D eigenvalue weighted by Crippen LogP contribution is -2.41. The molecule has 0 aliphatic heterocycles. The van der Waals surface area contributed by atoms with Crippen LogP contribution in [0.25, 0.3) is 0 Å². The summed E-state index contributed by atoms with van der Waals surface area (Å²) >= 11 is 5.89. The lowest BCUT2D eigenvalue weighted by Gasteiger charge is -2.21. The minimum absolute atomic E-state index is 0. The summed E-state index contributed by atoms with van der Waals surface area (Å²) in [6, 6.07) is 7.10. The Morgan fingerprint density at radius 2 is 2.17 bits per heavy atom. The van der Waals surface area contributed by atoms with E-state index in [4.69, 9.17) is 17.3 Å². The van der Waals surface area contributed by atoms with Crippen LogP contribution in [0.15, 0.2) is 24.3 Å². The molecule has 0 saturated carbocycles. The van der Waals surface area contributed by atoms with Gasteiger partial charge in [0.1, 0.15) is 0 Å². The van der Waals surface area contributed by atoms with Crippen molar-refractivity contribution in [3.63, 3.8) is 0 Å². The first kappa shape index (κ1) is 17.2. The summed E-state index contributed by atoms with van der Waals surface area (Å²) in [6.07, 6.45) is 1.64. The van der Waals surface area contributed by atoms with Gasteiger partial charge < -0.3 is 10.6 Å². The molecule has 0 fully saturated rings. The minimum atomic E-state index is -0.399. The third kappa shape index (κ3) is 5.25. The second-order valence-electron chi connectivity index (χ2n) is 4.22. The van der Waals surface area contributed by atoms with E-state index < -0.39 is 6.04 Å². The first-order chi connectivity index (χ1) is 8.04. The number of amides is 1. The molecular weight excluding hydrogens is 271 g/mol. The molecule has 1 unspecified atom stereocenters. The van der Waals surface area contributed by atoms with E-state index in [9.17, 15) is 4.79 Å². The molecule has 2 N–H and O–H groups in total. The van der Waals surface area contributed by atoms with E-state index in [-0.39, 0.29) is 18.3 Å². The van der Waals surface area contributed by atoms with Crippen LogP contribution in [0.1, 0.15) is 25.3 Å². The van der Waals surface area contributed by atoms with Crippen molar-refractivity contribution in [3.05, 3.63) is 34.9 Å². The fraction of sp³-hybridized carbons (Fsp3) is 0.462. The molecule has 18 heavy (non-hydrogen) atoms. The summed E-state index contributed by atoms with van der Waals surface area (Å²) in [5.74, 6) is -0.0215. The highest BCUT2D eigenvalue weighted by Gasteiger charge is 2.16. The Morgan fingerprint density at radius 1 is 1.50 bits per heavy atom. The van der Waals surface area contributed by atoms with Crippen LogP contribution in [0.5, 0.6) is 0 Å². The van der Waals surface area contributed by atoms with Crippen molar-refractivity contribution in [2.45, 2.75) is 32.4 Å². The second kappa shape index (κ2) is 8.35. The monoisotopic (exact) mass is 290 g/mol. The molecule has 1 rings (SSSR count). The molecule has 0 aromatic heterocycles. The Kier molecular flexibility index (Phi) is 8.00. The molecule has 0 spiro atoms. The fourth-order valence-corrected chi connectivity index (χ4v) is 1.92. The zero-order chi connectivity index (χ0) is 12.8. The number of rotatable bonds is 5. The molecule has 0 radical (unpaired) electrons. The van der Waals surface area contributed by atoms with E-state index in [1.54, 1.807) is 11.9 Å². The first-order valence-electron chi connectivity index (χ1n) is 5.79. The van der Waals surface area contributed by atoms with E-state index in [0.29, 0.717) is 11.6 Å². The van der Waals surface area contributed by atoms with Crippen molar-refractivity contribution >= 4 is 29.9 Å². The van der Waals surface area contributed by atoms with Gasteiger partial charge in [-0.15, -0.1) is 12.4 Å². The van der Waals surface area contributed by atoms with Gasteiger partial charge in [-0.3, -0.25) is 4.79 Å². The molecule has 3 nitrogen and oxygen atoms in total. The van der Waals surface area contributed by atoms with Gasteiger partial charge in [-0.25, -0.2) is 0 Å². The van der Waals surface area contributed by atoms with E-state index >= 15 is 0 Å². The van der Waals surface area contributed by atoms with E-state index in [1.165, 1.54) is 0 Å². The van der Waals surface area contributed by atoms with Gasteiger partial charge >= 0.3 is 0 Å². The summed E-state index contributed by atoms with van der Waals surface area (Å²) < 4.78 is 0. The van der Waals surface area contributed by atoms with Crippen molar-refractivity contribution < 1.29 is 4.79 Å². The number of likely N-dealkylation sites (N-methyl/N-ethyl adjacent to an activating group) is 1. The van der Waals surface area contributed by atoms with Crippen LogP contribution >= 0.6 is 24.0 Å². The quantitative estimate of drug-likeness (QED) is 0.906. The Balaban J connectivity index is 0.00000289. The topological polar surface area (TPSA) is 46.3 Å². The summed E-state index contributed by atoms with van der Waals surface area (Å²) in [7, 11) is 1.76. The molecular formula is C13H20Cl2N2O. The zero-order valence-electron chi connectivity index (χ0n) is 10.7. The molecule has 0 heterocycles. The molecule has 5 heteroatoms.